The van der Waals surface area contributed by atoms with Crippen molar-refractivity contribution in [3.05, 3.63) is 0 Å². The molecule has 0 spiro atoms. The highest BCUT2D eigenvalue weighted by Crippen LogP contribution is 2.63. The van der Waals surface area contributed by atoms with Crippen LogP contribution in [0.3, 0.4) is 0 Å². The zero-order valence-corrected chi connectivity index (χ0v) is 13.7. The summed E-state index contributed by atoms with van der Waals surface area (Å²) in [5.74, 6) is -49.7. The number of aliphatic hydroxyl groups excluding tert-OH is 1. The van der Waals surface area contributed by atoms with Crippen molar-refractivity contribution in [3.8, 4) is 0 Å². The van der Waals surface area contributed by atoms with Crippen LogP contribution in [0.25, 0.3) is 0 Å². The minimum atomic E-state index is -8.61. The Morgan fingerprint density at radius 1 is 0.429 bits per heavy atom. The first-order valence-electron chi connectivity index (χ1n) is 6.13. The monoisotopic (exact) mass is 480 g/mol. The van der Waals surface area contributed by atoms with Crippen LogP contribution in [-0.2, 0) is 0 Å². The van der Waals surface area contributed by atoms with E-state index in [9.17, 15) is 74.6 Å². The van der Waals surface area contributed by atoms with Crippen LogP contribution in [0, 0.1) is 0 Å². The first-order valence-corrected chi connectivity index (χ1v) is 7.84. The number of hydrogen-bond acceptors (Lipinski definition) is 1. The van der Waals surface area contributed by atoms with Gasteiger partial charge >= 0.3 is 41.7 Å². The molecule has 28 heavy (non-hydrogen) atoms. The Morgan fingerprint density at radius 3 is 0.929 bits per heavy atom. The summed E-state index contributed by atoms with van der Waals surface area (Å²) >= 11 is 0. The Hall–Kier alpha value is -1.01. The van der Waals surface area contributed by atoms with Crippen molar-refractivity contribution in [2.24, 2.45) is 0 Å². The minimum Gasteiger partial charge on any atom is -0.400 e. The predicted molar refractivity (Wildman–Crippen MR) is 56.3 cm³/mol. The molecular formula is C9H5F17OSi. The molecule has 170 valence electrons. The lowest BCUT2D eigenvalue weighted by Crippen LogP contribution is -2.75. The SMILES string of the molecule is OC[SiH2]C(F)(F)C(F)(F)C(F)(F)C(F)(F)C(F)(F)C(F)(F)C(F)(F)C(F)(F)F. The fourth-order valence-electron chi connectivity index (χ4n) is 1.49. The fourth-order valence-corrected chi connectivity index (χ4v) is 2.31. The van der Waals surface area contributed by atoms with E-state index in [-0.39, 0.29) is 0 Å². The molecule has 19 heteroatoms. The molecule has 0 aromatic rings. The van der Waals surface area contributed by atoms with E-state index in [1.165, 1.54) is 0 Å². The van der Waals surface area contributed by atoms with Crippen molar-refractivity contribution in [1.82, 2.24) is 0 Å². The first-order chi connectivity index (χ1) is 11.8. The number of rotatable bonds is 8. The maximum Gasteiger partial charge on any atom is 0.460 e. The average Bonchev–Trinajstić information content (AvgIpc) is 2.44. The normalized spacial score (nSPS) is 16.9. The number of alkyl halides is 17. The second-order valence-electron chi connectivity index (χ2n) is 5.12. The van der Waals surface area contributed by atoms with Crippen LogP contribution in [0.2, 0.25) is 0 Å². The molecule has 0 aromatic heterocycles. The molecule has 0 radical (unpaired) electrons. The smallest absolute Gasteiger partial charge is 0.400 e. The van der Waals surface area contributed by atoms with Crippen molar-refractivity contribution in [2.75, 3.05) is 6.23 Å². The molecule has 0 heterocycles. The van der Waals surface area contributed by atoms with Crippen LogP contribution in [0.5, 0.6) is 0 Å². The molecule has 1 N–H and O–H groups in total. The molecule has 0 aliphatic carbocycles. The third-order valence-electron chi connectivity index (χ3n) is 3.21. The maximum atomic E-state index is 13.1. The Labute approximate surface area is 144 Å². The standard InChI is InChI=1S/C9H5F17OSi/c10-2(11,4(14,15)6(18,19)8(22,23)24)3(12,13)5(16,17)7(20,21)9(25,26)28-1-27/h27H,1,28H2. The van der Waals surface area contributed by atoms with E-state index in [0.717, 1.165) is 0 Å². The van der Waals surface area contributed by atoms with Gasteiger partial charge in [-0.1, -0.05) is 0 Å². The van der Waals surface area contributed by atoms with Crippen LogP contribution >= 0.6 is 0 Å². The summed E-state index contributed by atoms with van der Waals surface area (Å²) in [5, 5.41) is 8.04. The van der Waals surface area contributed by atoms with E-state index >= 15 is 0 Å². The van der Waals surface area contributed by atoms with Gasteiger partial charge in [0.2, 0.25) is 0 Å². The van der Waals surface area contributed by atoms with Gasteiger partial charge in [-0.2, -0.15) is 65.9 Å². The largest absolute Gasteiger partial charge is 0.460 e. The summed E-state index contributed by atoms with van der Waals surface area (Å²) in [7, 11) is -4.22. The van der Waals surface area contributed by atoms with Crippen molar-refractivity contribution in [3.63, 3.8) is 0 Å². The van der Waals surface area contributed by atoms with Crippen LogP contribution in [0.1, 0.15) is 0 Å². The molecule has 0 saturated heterocycles. The van der Waals surface area contributed by atoms with E-state index in [1.54, 1.807) is 0 Å². The van der Waals surface area contributed by atoms with E-state index in [1.807, 2.05) is 0 Å². The lowest BCUT2D eigenvalue weighted by molar-refractivity contribution is -0.458. The van der Waals surface area contributed by atoms with Gasteiger partial charge in [-0.05, 0) is 0 Å². The third kappa shape index (κ3) is 3.30. The van der Waals surface area contributed by atoms with Gasteiger partial charge in [0, 0.05) is 6.23 Å². The quantitative estimate of drug-likeness (QED) is 0.411. The Bertz CT molecular complexity index is 563. The topological polar surface area (TPSA) is 20.2 Å². The average molecular weight is 480 g/mol. The predicted octanol–water partition coefficient (Wildman–Crippen LogP) is 4.07. The van der Waals surface area contributed by atoms with Gasteiger partial charge in [-0.15, -0.1) is 0 Å². The molecule has 0 bridgehead atoms. The van der Waals surface area contributed by atoms with Crippen molar-refractivity contribution < 1.29 is 79.7 Å². The lowest BCUT2D eigenvalue weighted by Gasteiger charge is -2.42. The highest BCUT2D eigenvalue weighted by atomic mass is 28.2. The molecule has 0 amide bonds. The maximum absolute atomic E-state index is 13.1. The molecule has 1 nitrogen and oxygen atoms in total. The van der Waals surface area contributed by atoms with Crippen molar-refractivity contribution in [2.45, 2.75) is 47.3 Å². The van der Waals surface area contributed by atoms with Crippen molar-refractivity contribution in [1.29, 1.82) is 0 Å². The molecule has 0 aromatic carbocycles. The Morgan fingerprint density at radius 2 is 0.679 bits per heavy atom. The van der Waals surface area contributed by atoms with Gasteiger partial charge in [-0.3, -0.25) is 0 Å². The second kappa shape index (κ2) is 6.76. The van der Waals surface area contributed by atoms with Gasteiger partial charge < -0.3 is 5.11 Å². The Balaban J connectivity index is 6.63. The second-order valence-corrected chi connectivity index (χ2v) is 6.96. The van der Waals surface area contributed by atoms with Crippen LogP contribution in [0.15, 0.2) is 0 Å². The molecule has 0 unspecified atom stereocenters. The van der Waals surface area contributed by atoms with Gasteiger partial charge in [0.25, 0.3) is 5.55 Å². The van der Waals surface area contributed by atoms with Gasteiger partial charge in [0.15, 0.2) is 0 Å². The van der Waals surface area contributed by atoms with Crippen LogP contribution in [0.4, 0.5) is 74.6 Å². The summed E-state index contributed by atoms with van der Waals surface area (Å²) in [5.41, 5.74) is -6.37. The lowest BCUT2D eigenvalue weighted by atomic mass is 9.91. The Kier molecular flexibility index (Phi) is 6.52. The molecular weight excluding hydrogens is 475 g/mol. The highest BCUT2D eigenvalue weighted by Gasteiger charge is 2.95. The van der Waals surface area contributed by atoms with Gasteiger partial charge in [0.1, 0.15) is 9.52 Å². The van der Waals surface area contributed by atoms with Gasteiger partial charge in [-0.25, -0.2) is 8.78 Å². The third-order valence-corrected chi connectivity index (χ3v) is 4.51. The first kappa shape index (κ1) is 27.0. The van der Waals surface area contributed by atoms with Gasteiger partial charge in [0.05, 0.1) is 0 Å². The number of halogens is 17. The van der Waals surface area contributed by atoms with Crippen LogP contribution in [-0.4, -0.2) is 68.1 Å². The van der Waals surface area contributed by atoms with E-state index in [4.69, 9.17) is 5.11 Å². The zero-order chi connectivity index (χ0) is 23.4. The summed E-state index contributed by atoms with van der Waals surface area (Å²) in [6, 6.07) is 0. The summed E-state index contributed by atoms with van der Waals surface area (Å²) < 4.78 is 216. The molecule has 0 aliphatic heterocycles. The molecule has 0 aliphatic rings. The summed E-state index contributed by atoms with van der Waals surface area (Å²) in [4.78, 5) is 0. The highest BCUT2D eigenvalue weighted by molar-refractivity contribution is 6.39. The summed E-state index contributed by atoms with van der Waals surface area (Å²) in [6.45, 7) is 0. The fraction of sp³-hybridized carbons (Fsp3) is 1.00. The van der Waals surface area contributed by atoms with E-state index in [0.29, 0.717) is 0 Å². The van der Waals surface area contributed by atoms with E-state index < -0.39 is 63.0 Å². The van der Waals surface area contributed by atoms with E-state index in [2.05, 4.69) is 0 Å². The molecule has 0 rings (SSSR count). The summed E-state index contributed by atoms with van der Waals surface area (Å²) in [6.07, 6.45) is -9.79. The molecule has 0 saturated carbocycles. The minimum absolute atomic E-state index is 2.02. The van der Waals surface area contributed by atoms with Crippen molar-refractivity contribution >= 4 is 9.52 Å². The van der Waals surface area contributed by atoms with Crippen LogP contribution < -0.4 is 0 Å². The molecule has 0 atom stereocenters. The number of hydrogen-bond donors (Lipinski definition) is 1. The number of aliphatic hydroxyl groups is 1. The zero-order valence-electron chi connectivity index (χ0n) is 12.3. The molecule has 0 fully saturated rings.